The van der Waals surface area contributed by atoms with Gasteiger partial charge in [-0.2, -0.15) is 10.5 Å². The fourth-order valence-electron chi connectivity index (χ4n) is 2.70. The minimum absolute atomic E-state index is 0.0941. The summed E-state index contributed by atoms with van der Waals surface area (Å²) < 4.78 is 5.87. The second kappa shape index (κ2) is 9.93. The second-order valence-corrected chi connectivity index (χ2v) is 6.61. The highest BCUT2D eigenvalue weighted by atomic mass is 35.5. The zero-order chi connectivity index (χ0) is 21.3. The Bertz CT molecular complexity index is 1190. The number of anilines is 1. The predicted molar refractivity (Wildman–Crippen MR) is 116 cm³/mol. The number of carbonyl (C=O) groups is 1. The van der Waals surface area contributed by atoms with Crippen molar-refractivity contribution in [2.45, 2.75) is 6.61 Å². The van der Waals surface area contributed by atoms with E-state index in [0.29, 0.717) is 27.6 Å². The summed E-state index contributed by atoms with van der Waals surface area (Å²) in [6.45, 7) is 0.183. The molecule has 0 aliphatic carbocycles. The van der Waals surface area contributed by atoms with E-state index >= 15 is 0 Å². The third kappa shape index (κ3) is 5.05. The molecule has 0 saturated carbocycles. The molecule has 1 amide bonds. The summed E-state index contributed by atoms with van der Waals surface area (Å²) in [5.74, 6) is -0.0845. The van der Waals surface area contributed by atoms with E-state index in [4.69, 9.17) is 16.3 Å². The van der Waals surface area contributed by atoms with E-state index in [1.54, 1.807) is 60.7 Å². The van der Waals surface area contributed by atoms with Crippen LogP contribution in [-0.4, -0.2) is 5.91 Å². The Hall–Kier alpha value is -4.06. The molecule has 3 aromatic rings. The maximum atomic E-state index is 12.5. The van der Waals surface area contributed by atoms with Crippen LogP contribution in [0.1, 0.15) is 16.7 Å². The first kappa shape index (κ1) is 20.7. The van der Waals surface area contributed by atoms with Crippen molar-refractivity contribution in [1.82, 2.24) is 0 Å². The van der Waals surface area contributed by atoms with E-state index in [2.05, 4.69) is 11.4 Å². The zero-order valence-electron chi connectivity index (χ0n) is 15.8. The Morgan fingerprint density at radius 1 is 1.00 bits per heavy atom. The SMILES string of the molecule is N#C/C(=C\c1ccccc1OCc1ccccc1C#N)C(=O)Nc1ccccc1Cl. The van der Waals surface area contributed by atoms with E-state index in [-0.39, 0.29) is 12.2 Å². The average Bonchev–Trinajstić information content (AvgIpc) is 2.78. The Morgan fingerprint density at radius 2 is 1.70 bits per heavy atom. The molecule has 0 radical (unpaired) electrons. The molecular formula is C24H16ClN3O2. The molecule has 30 heavy (non-hydrogen) atoms. The molecule has 0 aliphatic rings. The monoisotopic (exact) mass is 413 g/mol. The largest absolute Gasteiger partial charge is 0.488 e. The Balaban J connectivity index is 1.82. The number of carbonyl (C=O) groups excluding carboxylic acids is 1. The van der Waals surface area contributed by atoms with Gasteiger partial charge in [0.1, 0.15) is 24.0 Å². The van der Waals surface area contributed by atoms with Gasteiger partial charge in [-0.25, -0.2) is 0 Å². The number of nitrogens with zero attached hydrogens (tertiary/aromatic N) is 2. The molecule has 6 heteroatoms. The van der Waals surface area contributed by atoms with Crippen LogP contribution < -0.4 is 10.1 Å². The molecule has 0 aromatic heterocycles. The molecule has 0 spiro atoms. The van der Waals surface area contributed by atoms with Gasteiger partial charge < -0.3 is 10.1 Å². The lowest BCUT2D eigenvalue weighted by molar-refractivity contribution is -0.112. The van der Waals surface area contributed by atoms with Crippen LogP contribution in [0.4, 0.5) is 5.69 Å². The topological polar surface area (TPSA) is 85.9 Å². The number of ether oxygens (including phenoxy) is 1. The third-order valence-electron chi connectivity index (χ3n) is 4.23. The van der Waals surface area contributed by atoms with Crippen LogP contribution in [0, 0.1) is 22.7 Å². The van der Waals surface area contributed by atoms with Gasteiger partial charge in [0.15, 0.2) is 0 Å². The molecule has 0 fully saturated rings. The predicted octanol–water partition coefficient (Wildman–Crippen LogP) is 5.34. The van der Waals surface area contributed by atoms with Gasteiger partial charge in [0.05, 0.1) is 22.3 Å². The van der Waals surface area contributed by atoms with Gasteiger partial charge in [0, 0.05) is 11.1 Å². The quantitative estimate of drug-likeness (QED) is 0.436. The van der Waals surface area contributed by atoms with Gasteiger partial charge >= 0.3 is 0 Å². The lowest BCUT2D eigenvalue weighted by atomic mass is 10.1. The van der Waals surface area contributed by atoms with Crippen LogP contribution in [0.2, 0.25) is 5.02 Å². The summed E-state index contributed by atoms with van der Waals surface area (Å²) in [5.41, 5.74) is 2.17. The molecule has 146 valence electrons. The minimum Gasteiger partial charge on any atom is -0.488 e. The molecule has 1 N–H and O–H groups in total. The Labute approximate surface area is 179 Å². The molecule has 5 nitrogen and oxygen atoms in total. The van der Waals surface area contributed by atoms with Gasteiger partial charge in [-0.1, -0.05) is 60.1 Å². The van der Waals surface area contributed by atoms with Crippen molar-refractivity contribution in [2.75, 3.05) is 5.32 Å². The summed E-state index contributed by atoms with van der Waals surface area (Å²) in [6.07, 6.45) is 1.46. The highest BCUT2D eigenvalue weighted by Gasteiger charge is 2.13. The summed E-state index contributed by atoms with van der Waals surface area (Å²) in [6, 6.07) is 25.0. The number of amides is 1. The number of para-hydroxylation sites is 2. The smallest absolute Gasteiger partial charge is 0.266 e. The number of hydrogen-bond donors (Lipinski definition) is 1. The first-order valence-electron chi connectivity index (χ1n) is 9.00. The van der Waals surface area contributed by atoms with Crippen molar-refractivity contribution >= 4 is 29.3 Å². The molecule has 0 bridgehead atoms. The molecule has 0 heterocycles. The summed E-state index contributed by atoms with van der Waals surface area (Å²) in [5, 5.41) is 21.7. The first-order chi connectivity index (χ1) is 14.6. The Morgan fingerprint density at radius 3 is 2.47 bits per heavy atom. The molecule has 3 rings (SSSR count). The highest BCUT2D eigenvalue weighted by molar-refractivity contribution is 6.34. The third-order valence-corrected chi connectivity index (χ3v) is 4.56. The van der Waals surface area contributed by atoms with Crippen molar-refractivity contribution in [3.63, 3.8) is 0 Å². The zero-order valence-corrected chi connectivity index (χ0v) is 16.6. The van der Waals surface area contributed by atoms with Crippen molar-refractivity contribution in [3.05, 3.63) is 100 Å². The average molecular weight is 414 g/mol. The van der Waals surface area contributed by atoms with Crippen LogP contribution in [0.5, 0.6) is 5.75 Å². The van der Waals surface area contributed by atoms with Crippen molar-refractivity contribution < 1.29 is 9.53 Å². The van der Waals surface area contributed by atoms with Gasteiger partial charge in [0.25, 0.3) is 5.91 Å². The molecule has 3 aromatic carbocycles. The Kier molecular flexibility index (Phi) is 6.84. The van der Waals surface area contributed by atoms with E-state index in [1.807, 2.05) is 18.2 Å². The van der Waals surface area contributed by atoms with Gasteiger partial charge in [0.2, 0.25) is 0 Å². The molecule has 0 saturated heterocycles. The lowest BCUT2D eigenvalue weighted by Gasteiger charge is -2.11. The van der Waals surface area contributed by atoms with Crippen molar-refractivity contribution in [3.8, 4) is 17.9 Å². The summed E-state index contributed by atoms with van der Waals surface area (Å²) >= 11 is 6.07. The first-order valence-corrected chi connectivity index (χ1v) is 9.37. The number of rotatable bonds is 6. The van der Waals surface area contributed by atoms with Gasteiger partial charge in [-0.05, 0) is 30.3 Å². The van der Waals surface area contributed by atoms with Crippen LogP contribution in [0.3, 0.4) is 0 Å². The number of benzene rings is 3. The van der Waals surface area contributed by atoms with Crippen molar-refractivity contribution in [1.29, 1.82) is 10.5 Å². The van der Waals surface area contributed by atoms with E-state index < -0.39 is 5.91 Å². The lowest BCUT2D eigenvalue weighted by Crippen LogP contribution is -2.13. The van der Waals surface area contributed by atoms with E-state index in [1.165, 1.54) is 6.08 Å². The maximum absolute atomic E-state index is 12.5. The molecular weight excluding hydrogens is 398 g/mol. The van der Waals surface area contributed by atoms with Crippen molar-refractivity contribution in [2.24, 2.45) is 0 Å². The van der Waals surface area contributed by atoms with E-state index in [0.717, 1.165) is 5.56 Å². The summed E-state index contributed by atoms with van der Waals surface area (Å²) in [4.78, 5) is 12.5. The van der Waals surface area contributed by atoms with Crippen LogP contribution in [0.15, 0.2) is 78.4 Å². The second-order valence-electron chi connectivity index (χ2n) is 6.20. The van der Waals surface area contributed by atoms with E-state index in [9.17, 15) is 15.3 Å². The highest BCUT2D eigenvalue weighted by Crippen LogP contribution is 2.24. The molecule has 0 atom stereocenters. The van der Waals surface area contributed by atoms with Crippen LogP contribution in [-0.2, 0) is 11.4 Å². The minimum atomic E-state index is -0.574. The molecule has 0 aliphatic heterocycles. The molecule has 0 unspecified atom stereocenters. The fraction of sp³-hybridized carbons (Fsp3) is 0.0417. The summed E-state index contributed by atoms with van der Waals surface area (Å²) in [7, 11) is 0. The number of nitriles is 2. The fourth-order valence-corrected chi connectivity index (χ4v) is 2.88. The normalized spacial score (nSPS) is 10.6. The van der Waals surface area contributed by atoms with Crippen LogP contribution >= 0.6 is 11.6 Å². The number of halogens is 1. The number of nitrogens with one attached hydrogen (secondary N) is 1. The maximum Gasteiger partial charge on any atom is 0.266 e. The standard InChI is InChI=1S/C24H16ClN3O2/c25-21-10-4-5-11-22(21)28-24(29)20(15-27)13-17-7-3-6-12-23(17)30-16-19-9-2-1-8-18(19)14-26/h1-13H,16H2,(H,28,29)/b20-13+. The van der Waals surface area contributed by atoms with Crippen LogP contribution in [0.25, 0.3) is 6.08 Å². The number of hydrogen-bond acceptors (Lipinski definition) is 4. The van der Waals surface area contributed by atoms with Gasteiger partial charge in [-0.3, -0.25) is 4.79 Å². The van der Waals surface area contributed by atoms with Gasteiger partial charge in [-0.15, -0.1) is 0 Å².